The van der Waals surface area contributed by atoms with E-state index in [0.29, 0.717) is 37.5 Å². The summed E-state index contributed by atoms with van der Waals surface area (Å²) >= 11 is 0. The first-order chi connectivity index (χ1) is 18.7. The average Bonchev–Trinajstić information content (AvgIpc) is 2.89. The summed E-state index contributed by atoms with van der Waals surface area (Å²) in [6, 6.07) is -0.126. The second-order valence-corrected chi connectivity index (χ2v) is 13.7. The van der Waals surface area contributed by atoms with Crippen molar-refractivity contribution in [3.8, 4) is 0 Å². The summed E-state index contributed by atoms with van der Waals surface area (Å²) < 4.78 is 34.6. The van der Waals surface area contributed by atoms with Crippen LogP contribution >= 0.6 is 7.82 Å². The Morgan fingerprint density at radius 1 is 0.744 bits per heavy atom. The third-order valence-electron chi connectivity index (χ3n) is 7.45. The van der Waals surface area contributed by atoms with Crippen molar-refractivity contribution in [2.45, 2.75) is 116 Å². The molecule has 0 spiro atoms. The number of morpholine rings is 1. The van der Waals surface area contributed by atoms with Gasteiger partial charge in [-0.25, -0.2) is 0 Å². The zero-order valence-electron chi connectivity index (χ0n) is 26.0. The summed E-state index contributed by atoms with van der Waals surface area (Å²) in [5.41, 5.74) is 0. The van der Waals surface area contributed by atoms with Gasteiger partial charge in [-0.1, -0.05) is 103 Å². The lowest BCUT2D eigenvalue weighted by atomic mass is 10.0. The van der Waals surface area contributed by atoms with E-state index in [9.17, 15) is 9.46 Å². The number of hydrogen-bond donors (Lipinski definition) is 0. The molecule has 1 saturated heterocycles. The summed E-state index contributed by atoms with van der Waals surface area (Å²) in [7, 11) is 1.64. The van der Waals surface area contributed by atoms with Gasteiger partial charge in [-0.15, -0.1) is 0 Å². The molecule has 0 aromatic heterocycles. The maximum absolute atomic E-state index is 12.2. The van der Waals surface area contributed by atoms with E-state index in [1.165, 1.54) is 96.3 Å². The second-order valence-electron chi connectivity index (χ2n) is 12.3. The monoisotopic (exact) mass is 578 g/mol. The Kier molecular flexibility index (Phi) is 22.3. The lowest BCUT2D eigenvalue weighted by Gasteiger charge is -2.35. The molecule has 0 saturated carbocycles. The van der Waals surface area contributed by atoms with E-state index in [1.807, 2.05) is 21.1 Å². The zero-order chi connectivity index (χ0) is 28.7. The molecule has 1 rings (SSSR count). The van der Waals surface area contributed by atoms with Gasteiger partial charge < -0.3 is 27.9 Å². The van der Waals surface area contributed by atoms with Gasteiger partial charge >= 0.3 is 0 Å². The zero-order valence-corrected chi connectivity index (χ0v) is 26.9. The van der Waals surface area contributed by atoms with Crippen LogP contribution < -0.4 is 4.89 Å². The molecule has 9 heteroatoms. The normalized spacial score (nSPS) is 17.4. The smallest absolute Gasteiger partial charge is 0.268 e. The summed E-state index contributed by atoms with van der Waals surface area (Å²) in [5, 5.41) is 0. The number of likely N-dealkylation sites (N-methyl/N-ethyl adjacent to an activating group) is 1. The van der Waals surface area contributed by atoms with Crippen molar-refractivity contribution < 1.29 is 32.5 Å². The molecule has 1 aliphatic rings. The number of unbranched alkanes of at least 4 members (excludes halogenated alkanes) is 15. The Morgan fingerprint density at radius 3 is 1.72 bits per heavy atom. The molecule has 0 radical (unpaired) electrons. The van der Waals surface area contributed by atoms with Gasteiger partial charge in [0.25, 0.3) is 7.82 Å². The molecule has 0 aliphatic carbocycles. The minimum absolute atomic E-state index is 0.0457. The number of ether oxygens (including phenoxy) is 2. The molecule has 2 unspecified atom stereocenters. The second kappa shape index (κ2) is 23.5. The van der Waals surface area contributed by atoms with Gasteiger partial charge in [-0.2, -0.15) is 0 Å². The fourth-order valence-electron chi connectivity index (χ4n) is 4.81. The van der Waals surface area contributed by atoms with Crippen molar-refractivity contribution in [3.05, 3.63) is 0 Å². The van der Waals surface area contributed by atoms with E-state index in [-0.39, 0.29) is 19.3 Å². The van der Waals surface area contributed by atoms with Crippen molar-refractivity contribution in [3.63, 3.8) is 0 Å². The van der Waals surface area contributed by atoms with Crippen LogP contribution in [0.5, 0.6) is 0 Å². The Labute approximate surface area is 241 Å². The van der Waals surface area contributed by atoms with Gasteiger partial charge in [0.2, 0.25) is 0 Å². The summed E-state index contributed by atoms with van der Waals surface area (Å²) in [5.74, 6) is 0. The Morgan fingerprint density at radius 2 is 1.23 bits per heavy atom. The van der Waals surface area contributed by atoms with Gasteiger partial charge in [0.1, 0.15) is 13.2 Å². The highest BCUT2D eigenvalue weighted by atomic mass is 31.2. The predicted molar refractivity (Wildman–Crippen MR) is 159 cm³/mol. The third kappa shape index (κ3) is 23.2. The molecule has 0 aromatic rings. The van der Waals surface area contributed by atoms with Gasteiger partial charge in [-0.3, -0.25) is 9.46 Å². The maximum atomic E-state index is 12.2. The molecule has 1 heterocycles. The van der Waals surface area contributed by atoms with Crippen molar-refractivity contribution in [1.29, 1.82) is 0 Å². The topological polar surface area (TPSA) is 80.3 Å². The minimum atomic E-state index is -4.34. The van der Waals surface area contributed by atoms with Gasteiger partial charge in [-0.05, 0) is 6.42 Å². The van der Waals surface area contributed by atoms with Crippen LogP contribution in [0.25, 0.3) is 0 Å². The number of phosphoric ester groups is 1. The lowest BCUT2D eigenvalue weighted by molar-refractivity contribution is -0.870. The van der Waals surface area contributed by atoms with Crippen molar-refractivity contribution >= 4 is 7.82 Å². The van der Waals surface area contributed by atoms with Crippen LogP contribution in [-0.4, -0.2) is 95.8 Å². The van der Waals surface area contributed by atoms with Crippen LogP contribution in [0.4, 0.5) is 0 Å². The molecule has 1 fully saturated rings. The fourth-order valence-corrected chi connectivity index (χ4v) is 5.55. The van der Waals surface area contributed by atoms with Crippen LogP contribution in [-0.2, 0) is 23.1 Å². The highest BCUT2D eigenvalue weighted by Crippen LogP contribution is 2.38. The molecule has 0 amide bonds. The van der Waals surface area contributed by atoms with Crippen molar-refractivity contribution in [2.24, 2.45) is 0 Å². The number of nitrogens with zero attached hydrogens (tertiary/aromatic N) is 2. The Bertz CT molecular complexity index is 598. The summed E-state index contributed by atoms with van der Waals surface area (Å²) in [6.45, 7) is 6.98. The minimum Gasteiger partial charge on any atom is -0.756 e. The van der Waals surface area contributed by atoms with E-state index in [1.54, 1.807) is 0 Å². The van der Waals surface area contributed by atoms with E-state index in [0.717, 1.165) is 19.5 Å². The molecule has 39 heavy (non-hydrogen) atoms. The number of hydrogen-bond acceptors (Lipinski definition) is 7. The van der Waals surface area contributed by atoms with Gasteiger partial charge in [0, 0.05) is 19.7 Å². The first-order valence-electron chi connectivity index (χ1n) is 16.0. The number of rotatable bonds is 27. The van der Waals surface area contributed by atoms with Gasteiger partial charge in [0.15, 0.2) is 0 Å². The molecule has 0 N–H and O–H groups in total. The summed E-state index contributed by atoms with van der Waals surface area (Å²) in [4.78, 5) is 14.4. The molecule has 8 nitrogen and oxygen atoms in total. The van der Waals surface area contributed by atoms with Crippen LogP contribution in [0, 0.1) is 0 Å². The first-order valence-corrected chi connectivity index (χ1v) is 17.5. The lowest BCUT2D eigenvalue weighted by Crippen LogP contribution is -2.48. The highest BCUT2D eigenvalue weighted by Gasteiger charge is 2.24. The van der Waals surface area contributed by atoms with Crippen LogP contribution in [0.15, 0.2) is 0 Å². The molecule has 0 aromatic carbocycles. The Hall–Kier alpha value is -0.0500. The average molecular weight is 579 g/mol. The van der Waals surface area contributed by atoms with Crippen molar-refractivity contribution in [2.75, 3.05) is 80.4 Å². The Balaban J connectivity index is 2.07. The van der Waals surface area contributed by atoms with Crippen LogP contribution in [0.1, 0.15) is 110 Å². The van der Waals surface area contributed by atoms with E-state index in [2.05, 4.69) is 11.8 Å². The molecular formula is C30H63N2O6P. The summed E-state index contributed by atoms with van der Waals surface area (Å²) in [6.07, 6.45) is 21.6. The first kappa shape index (κ1) is 37.0. The largest absolute Gasteiger partial charge is 0.756 e. The standard InChI is InChI=1S/C30H63N2O6P/c1-5-6-7-8-9-10-11-12-13-14-15-16-17-18-19-20-24-36-28-30(31-21-25-35-26-22-31)29-38-39(33,34)37-27-23-32(2,3)4/h30H,5-29H2,1-4H3. The van der Waals surface area contributed by atoms with Crippen LogP contribution in [0.3, 0.4) is 0 Å². The van der Waals surface area contributed by atoms with Gasteiger partial charge in [0.05, 0.1) is 53.6 Å². The van der Waals surface area contributed by atoms with E-state index >= 15 is 0 Å². The molecule has 234 valence electrons. The quantitative estimate of drug-likeness (QED) is 0.0655. The van der Waals surface area contributed by atoms with Crippen molar-refractivity contribution in [1.82, 2.24) is 4.90 Å². The molecule has 1 aliphatic heterocycles. The number of quaternary nitrogens is 1. The SMILES string of the molecule is CCCCCCCCCCCCCCCCCCOCC(COP(=O)([O-])OCC[N+](C)(C)C)N1CCOCC1. The maximum Gasteiger partial charge on any atom is 0.268 e. The molecule has 0 bridgehead atoms. The van der Waals surface area contributed by atoms with Crippen LogP contribution in [0.2, 0.25) is 0 Å². The third-order valence-corrected chi connectivity index (χ3v) is 8.42. The van der Waals surface area contributed by atoms with E-state index < -0.39 is 7.82 Å². The number of phosphoric acid groups is 1. The fraction of sp³-hybridized carbons (Fsp3) is 1.00. The highest BCUT2D eigenvalue weighted by molar-refractivity contribution is 7.45. The van der Waals surface area contributed by atoms with E-state index in [4.69, 9.17) is 18.5 Å². The predicted octanol–water partition coefficient (Wildman–Crippen LogP) is 6.17. The molecule has 2 atom stereocenters. The molecular weight excluding hydrogens is 515 g/mol.